The summed E-state index contributed by atoms with van der Waals surface area (Å²) in [4.78, 5) is 29.4. The highest BCUT2D eigenvalue weighted by Crippen LogP contribution is 2.22. The second-order valence-corrected chi connectivity index (χ2v) is 8.01. The third-order valence-electron chi connectivity index (χ3n) is 5.77. The van der Waals surface area contributed by atoms with Crippen LogP contribution in [0, 0.1) is 11.3 Å². The van der Waals surface area contributed by atoms with Crippen molar-refractivity contribution in [3.05, 3.63) is 36.0 Å². The minimum atomic E-state index is 0.0686. The predicted octanol–water partition coefficient (Wildman–Crippen LogP) is 2.27. The number of ketones is 1. The number of Topliss-reactive ketones (excluding diaryl/α,β-unsaturated/α-hetero) is 1. The van der Waals surface area contributed by atoms with E-state index >= 15 is 0 Å². The highest BCUT2D eigenvalue weighted by molar-refractivity contribution is 6.09. The van der Waals surface area contributed by atoms with Crippen molar-refractivity contribution >= 4 is 22.6 Å². The summed E-state index contributed by atoms with van der Waals surface area (Å²) < 4.78 is 2.00. The topological polar surface area (TPSA) is 81.4 Å². The highest BCUT2D eigenvalue weighted by Gasteiger charge is 2.23. The van der Waals surface area contributed by atoms with Gasteiger partial charge in [0.1, 0.15) is 0 Å². The predicted molar refractivity (Wildman–Crippen MR) is 117 cm³/mol. The maximum absolute atomic E-state index is 13.0. The van der Waals surface area contributed by atoms with Crippen LogP contribution in [0.25, 0.3) is 10.9 Å². The van der Waals surface area contributed by atoms with Gasteiger partial charge in [0.05, 0.1) is 25.6 Å². The molecule has 160 valence electrons. The smallest absolute Gasteiger partial charge is 0.234 e. The van der Waals surface area contributed by atoms with Crippen molar-refractivity contribution in [1.29, 1.82) is 5.26 Å². The summed E-state index contributed by atoms with van der Waals surface area (Å²) in [6, 6.07) is 10.2. The van der Waals surface area contributed by atoms with E-state index in [1.165, 1.54) is 0 Å². The van der Waals surface area contributed by atoms with Gasteiger partial charge in [-0.15, -0.1) is 0 Å². The Morgan fingerprint density at radius 3 is 2.47 bits per heavy atom. The molecule has 0 radical (unpaired) electrons. The largest absolute Gasteiger partial charge is 0.353 e. The van der Waals surface area contributed by atoms with Crippen LogP contribution in [0.15, 0.2) is 30.5 Å². The van der Waals surface area contributed by atoms with Crippen LogP contribution in [-0.4, -0.2) is 71.4 Å². The van der Waals surface area contributed by atoms with E-state index in [-0.39, 0.29) is 17.7 Å². The van der Waals surface area contributed by atoms with E-state index in [9.17, 15) is 9.59 Å². The molecule has 1 fully saturated rings. The van der Waals surface area contributed by atoms with Gasteiger partial charge in [-0.3, -0.25) is 19.4 Å². The molecule has 0 bridgehead atoms. The maximum atomic E-state index is 13.0. The van der Waals surface area contributed by atoms with Crippen molar-refractivity contribution in [2.75, 3.05) is 39.3 Å². The van der Waals surface area contributed by atoms with Gasteiger partial charge in [-0.1, -0.05) is 25.1 Å². The lowest BCUT2D eigenvalue weighted by molar-refractivity contribution is -0.123. The summed E-state index contributed by atoms with van der Waals surface area (Å²) in [5.41, 5.74) is 1.71. The quantitative estimate of drug-likeness (QED) is 0.643. The monoisotopic (exact) mass is 409 g/mol. The Kier molecular flexibility index (Phi) is 7.61. The van der Waals surface area contributed by atoms with Gasteiger partial charge < -0.3 is 9.88 Å². The average molecular weight is 410 g/mol. The van der Waals surface area contributed by atoms with Crippen molar-refractivity contribution in [2.45, 2.75) is 39.3 Å². The molecule has 1 saturated heterocycles. The van der Waals surface area contributed by atoms with Crippen LogP contribution in [0.3, 0.4) is 0 Å². The Morgan fingerprint density at radius 2 is 1.80 bits per heavy atom. The summed E-state index contributed by atoms with van der Waals surface area (Å²) >= 11 is 0. The molecule has 2 aromatic rings. The number of amides is 1. The lowest BCUT2D eigenvalue weighted by atomic mass is 10.1. The summed E-state index contributed by atoms with van der Waals surface area (Å²) in [5, 5.41) is 12.8. The van der Waals surface area contributed by atoms with Gasteiger partial charge >= 0.3 is 0 Å². The Bertz CT molecular complexity index is 921. The van der Waals surface area contributed by atoms with Crippen molar-refractivity contribution < 1.29 is 9.59 Å². The third-order valence-corrected chi connectivity index (χ3v) is 5.77. The molecule has 1 aromatic carbocycles. The molecule has 7 nitrogen and oxygen atoms in total. The average Bonchev–Trinajstić information content (AvgIpc) is 3.12. The third kappa shape index (κ3) is 5.47. The van der Waals surface area contributed by atoms with Gasteiger partial charge in [-0.05, 0) is 19.4 Å². The molecule has 1 amide bonds. The number of benzene rings is 1. The number of aromatic nitrogens is 1. The van der Waals surface area contributed by atoms with Gasteiger partial charge in [-0.25, -0.2) is 0 Å². The molecule has 7 heteroatoms. The molecule has 0 aliphatic carbocycles. The highest BCUT2D eigenvalue weighted by atomic mass is 16.2. The van der Waals surface area contributed by atoms with Crippen LogP contribution in [0.1, 0.15) is 37.0 Å². The second kappa shape index (κ2) is 10.4. The zero-order valence-corrected chi connectivity index (χ0v) is 17.9. The number of rotatable bonds is 9. The van der Waals surface area contributed by atoms with Crippen molar-refractivity contribution in [1.82, 2.24) is 19.7 Å². The first-order valence-electron chi connectivity index (χ1n) is 10.7. The van der Waals surface area contributed by atoms with Gasteiger partial charge in [0, 0.05) is 61.4 Å². The van der Waals surface area contributed by atoms with Crippen molar-refractivity contribution in [3.8, 4) is 6.07 Å². The SMILES string of the molecule is CCC(C)NC(=O)CN1CCN(CC(=O)c2cn(CCC#N)c3ccccc23)CC1. The second-order valence-electron chi connectivity index (χ2n) is 8.01. The van der Waals surface area contributed by atoms with E-state index in [0.29, 0.717) is 26.1 Å². The van der Waals surface area contributed by atoms with Gasteiger partial charge in [0.25, 0.3) is 0 Å². The van der Waals surface area contributed by atoms with Gasteiger partial charge in [0.2, 0.25) is 5.91 Å². The molecule has 1 aliphatic rings. The molecule has 1 aliphatic heterocycles. The molecule has 1 aromatic heterocycles. The number of fused-ring (bicyclic) bond motifs is 1. The summed E-state index contributed by atoms with van der Waals surface area (Å²) in [6.45, 7) is 8.56. The number of hydrogen-bond donors (Lipinski definition) is 1. The minimum Gasteiger partial charge on any atom is -0.353 e. The molecular formula is C23H31N5O2. The fourth-order valence-electron chi connectivity index (χ4n) is 3.84. The van der Waals surface area contributed by atoms with E-state index < -0.39 is 0 Å². The zero-order valence-electron chi connectivity index (χ0n) is 17.9. The first-order chi connectivity index (χ1) is 14.5. The van der Waals surface area contributed by atoms with E-state index in [0.717, 1.165) is 49.1 Å². The molecule has 0 saturated carbocycles. The number of carbonyl (C=O) groups excluding carboxylic acids is 2. The van der Waals surface area contributed by atoms with E-state index in [4.69, 9.17) is 5.26 Å². The van der Waals surface area contributed by atoms with Crippen molar-refractivity contribution in [2.24, 2.45) is 0 Å². The molecule has 2 heterocycles. The lowest BCUT2D eigenvalue weighted by Gasteiger charge is -2.34. The normalized spacial score (nSPS) is 16.3. The molecular weight excluding hydrogens is 378 g/mol. The summed E-state index contributed by atoms with van der Waals surface area (Å²) in [5.74, 6) is 0.170. The van der Waals surface area contributed by atoms with E-state index in [2.05, 4.69) is 28.1 Å². The van der Waals surface area contributed by atoms with E-state index in [1.807, 2.05) is 42.0 Å². The van der Waals surface area contributed by atoms with Crippen LogP contribution in [0.5, 0.6) is 0 Å². The van der Waals surface area contributed by atoms with Gasteiger partial charge in [-0.2, -0.15) is 5.26 Å². The number of aryl methyl sites for hydroxylation is 1. The van der Waals surface area contributed by atoms with Crippen LogP contribution >= 0.6 is 0 Å². The first-order valence-corrected chi connectivity index (χ1v) is 10.7. The summed E-state index contributed by atoms with van der Waals surface area (Å²) in [6.07, 6.45) is 3.23. The molecule has 1 N–H and O–H groups in total. The number of para-hydroxylation sites is 1. The Morgan fingerprint density at radius 1 is 1.13 bits per heavy atom. The number of nitrogens with one attached hydrogen (secondary N) is 1. The molecule has 1 unspecified atom stereocenters. The van der Waals surface area contributed by atoms with Crippen LogP contribution in [0.2, 0.25) is 0 Å². The lowest BCUT2D eigenvalue weighted by Crippen LogP contribution is -2.51. The fourth-order valence-corrected chi connectivity index (χ4v) is 3.84. The Hall–Kier alpha value is -2.69. The molecule has 1 atom stereocenters. The molecule has 30 heavy (non-hydrogen) atoms. The first kappa shape index (κ1) is 22.0. The Labute approximate surface area is 178 Å². The van der Waals surface area contributed by atoms with Gasteiger partial charge in [0.15, 0.2) is 5.78 Å². The van der Waals surface area contributed by atoms with Crippen LogP contribution < -0.4 is 5.32 Å². The number of carbonyl (C=O) groups is 2. The number of hydrogen-bond acceptors (Lipinski definition) is 5. The van der Waals surface area contributed by atoms with Crippen LogP contribution in [0.4, 0.5) is 0 Å². The standard InChI is InChI=1S/C23H31N5O2/c1-3-18(2)25-23(30)17-27-13-11-26(12-14-27)16-22(29)20-15-28(10-6-9-24)21-8-5-4-7-19(20)21/h4-5,7-8,15,18H,3,6,10-14,16-17H2,1-2H3,(H,25,30). The molecule has 0 spiro atoms. The fraction of sp³-hybridized carbons (Fsp3) is 0.522. The molecule has 3 rings (SSSR count). The van der Waals surface area contributed by atoms with Crippen LogP contribution in [-0.2, 0) is 11.3 Å². The zero-order chi connectivity index (χ0) is 21.5. The minimum absolute atomic E-state index is 0.0686. The van der Waals surface area contributed by atoms with Crippen molar-refractivity contribution in [3.63, 3.8) is 0 Å². The van der Waals surface area contributed by atoms with E-state index in [1.54, 1.807) is 0 Å². The number of nitrogens with zero attached hydrogens (tertiary/aromatic N) is 4. The maximum Gasteiger partial charge on any atom is 0.234 e. The Balaban J connectivity index is 1.56. The number of piperazine rings is 1. The number of nitriles is 1. The summed E-state index contributed by atoms with van der Waals surface area (Å²) in [7, 11) is 0.